The Labute approximate surface area is 452 Å². The molecule has 0 heterocycles. The Morgan fingerprint density at radius 2 is 0.680 bits per heavy atom. The van der Waals surface area contributed by atoms with E-state index in [-0.39, 0.29) is 32.0 Å². The van der Waals surface area contributed by atoms with Crippen LogP contribution in [0.25, 0.3) is 6.08 Å². The van der Waals surface area contributed by atoms with Crippen LogP contribution in [-0.2, 0) is 31.2 Å². The van der Waals surface area contributed by atoms with Gasteiger partial charge in [-0.05, 0) is 95.6 Å². The highest BCUT2D eigenvalue weighted by molar-refractivity contribution is 5.91. The van der Waals surface area contributed by atoms with Gasteiger partial charge in [0.15, 0.2) is 11.5 Å². The maximum absolute atomic E-state index is 13.9. The fraction of sp³-hybridized carbons (Fsp3) is 0.507. The second-order valence-corrected chi connectivity index (χ2v) is 20.1. The lowest BCUT2D eigenvalue weighted by atomic mass is 10.1. The van der Waals surface area contributed by atoms with Gasteiger partial charge in [-0.25, -0.2) is 4.79 Å². The summed E-state index contributed by atoms with van der Waals surface area (Å²) in [5.41, 5.74) is 4.95. The molecule has 0 bridgehead atoms. The van der Waals surface area contributed by atoms with E-state index in [1.165, 1.54) is 135 Å². The van der Waals surface area contributed by atoms with E-state index < -0.39 is 5.97 Å². The van der Waals surface area contributed by atoms with Crippen molar-refractivity contribution < 1.29 is 38.0 Å². The average molecular weight is 1030 g/mol. The third-order valence-corrected chi connectivity index (χ3v) is 13.6. The van der Waals surface area contributed by atoms with Crippen molar-refractivity contribution in [3.05, 3.63) is 149 Å². The predicted molar refractivity (Wildman–Crippen MR) is 309 cm³/mol. The van der Waals surface area contributed by atoms with Crippen molar-refractivity contribution in [3.8, 4) is 34.5 Å². The molecule has 0 radical (unpaired) electrons. The van der Waals surface area contributed by atoms with Gasteiger partial charge in [0.2, 0.25) is 5.75 Å². The van der Waals surface area contributed by atoms with Gasteiger partial charge in [0.25, 0.3) is 0 Å². The van der Waals surface area contributed by atoms with Gasteiger partial charge in [0.1, 0.15) is 43.7 Å². The highest BCUT2D eigenvalue weighted by Crippen LogP contribution is 2.41. The monoisotopic (exact) mass is 1020 g/mol. The largest absolute Gasteiger partial charge is 0.494 e. The van der Waals surface area contributed by atoms with Crippen LogP contribution in [-0.4, -0.2) is 25.8 Å². The molecule has 0 fully saturated rings. The summed E-state index contributed by atoms with van der Waals surface area (Å²) in [5, 5.41) is 0. The molecule has 0 saturated heterocycles. The van der Waals surface area contributed by atoms with Crippen molar-refractivity contribution in [2.24, 2.45) is 0 Å². The number of hydrogen-bond donors (Lipinski definition) is 0. The molecule has 75 heavy (non-hydrogen) atoms. The van der Waals surface area contributed by atoms with E-state index in [1.807, 2.05) is 97.1 Å². The summed E-state index contributed by atoms with van der Waals surface area (Å²) >= 11 is 0. The molecule has 0 saturated carbocycles. The lowest BCUT2D eigenvalue weighted by Crippen LogP contribution is -2.09. The average Bonchev–Trinajstić information content (AvgIpc) is 3.44. The summed E-state index contributed by atoms with van der Waals surface area (Å²) in [7, 11) is 0. The minimum absolute atomic E-state index is 0.0979. The molecule has 5 aromatic carbocycles. The molecule has 0 aliphatic heterocycles. The number of rotatable bonds is 43. The van der Waals surface area contributed by atoms with Gasteiger partial charge >= 0.3 is 5.97 Å². The first-order valence-electron chi connectivity index (χ1n) is 29.1. The van der Waals surface area contributed by atoms with Crippen molar-refractivity contribution in [3.63, 3.8) is 0 Å². The molecule has 8 nitrogen and oxygen atoms in total. The van der Waals surface area contributed by atoms with Crippen molar-refractivity contribution in [1.82, 2.24) is 0 Å². The van der Waals surface area contributed by atoms with E-state index in [2.05, 4.69) is 27.4 Å². The minimum Gasteiger partial charge on any atom is -0.494 e. The van der Waals surface area contributed by atoms with Crippen LogP contribution in [0.1, 0.15) is 213 Å². The van der Waals surface area contributed by atoms with E-state index in [0.29, 0.717) is 37.1 Å². The highest BCUT2D eigenvalue weighted by Gasteiger charge is 2.21. The fourth-order valence-electron chi connectivity index (χ4n) is 8.83. The normalized spacial score (nSPS) is 11.0. The lowest BCUT2D eigenvalue weighted by molar-refractivity contribution is 0.0471. The van der Waals surface area contributed by atoms with Gasteiger partial charge in [-0.2, -0.15) is 0 Å². The second-order valence-electron chi connectivity index (χ2n) is 20.1. The van der Waals surface area contributed by atoms with Gasteiger partial charge in [-0.3, -0.25) is 0 Å². The number of ether oxygens (including phenoxy) is 7. The summed E-state index contributed by atoms with van der Waals surface area (Å²) < 4.78 is 44.1. The van der Waals surface area contributed by atoms with Crippen LogP contribution in [0.4, 0.5) is 0 Å². The molecule has 0 atom stereocenters. The summed E-state index contributed by atoms with van der Waals surface area (Å²) in [6, 6.07) is 35.2. The number of unbranched alkanes of at least 4 members (excludes halogenated alkanes) is 21. The standard InChI is InChI=1S/C67H92O8/c1-5-9-12-15-18-21-24-27-46-69-61-40-34-57(35-41-61)51-72-64-49-60(67(68)75-54-56-32-30-55(8-4)31-33-56)50-65(73-52-58-36-42-62(43-37-58)70-47-28-25-22-19-16-13-10-6-2)66(64)74-53-59-38-44-63(45-39-59)71-48-29-26-23-20-17-14-11-7-3/h8,30-45,49-50H,4-7,9-29,46-48,51-54H2,1-3H3. The molecule has 8 heteroatoms. The highest BCUT2D eigenvalue weighted by atomic mass is 16.5. The van der Waals surface area contributed by atoms with Gasteiger partial charge in [0, 0.05) is 0 Å². The molecular formula is C67H92O8. The number of carbonyl (C=O) groups is 1. The van der Waals surface area contributed by atoms with E-state index in [9.17, 15) is 4.79 Å². The van der Waals surface area contributed by atoms with Crippen molar-refractivity contribution in [2.75, 3.05) is 19.8 Å². The Hall–Kier alpha value is -5.89. The van der Waals surface area contributed by atoms with Gasteiger partial charge in [0.05, 0.1) is 25.4 Å². The Bertz CT molecular complexity index is 2160. The van der Waals surface area contributed by atoms with Crippen LogP contribution in [0.3, 0.4) is 0 Å². The molecule has 5 aromatic rings. The van der Waals surface area contributed by atoms with Crippen LogP contribution in [0, 0.1) is 0 Å². The summed E-state index contributed by atoms with van der Waals surface area (Å²) in [6.45, 7) is 13.5. The molecule has 0 aromatic heterocycles. The van der Waals surface area contributed by atoms with Gasteiger partial charge in [-0.15, -0.1) is 0 Å². The molecule has 0 aliphatic rings. The number of benzene rings is 5. The Kier molecular flexibility index (Phi) is 30.2. The van der Waals surface area contributed by atoms with Crippen LogP contribution in [0.15, 0.2) is 116 Å². The zero-order chi connectivity index (χ0) is 52.8. The van der Waals surface area contributed by atoms with E-state index >= 15 is 0 Å². The van der Waals surface area contributed by atoms with E-state index in [4.69, 9.17) is 33.2 Å². The lowest BCUT2D eigenvalue weighted by Gasteiger charge is -2.19. The first-order valence-corrected chi connectivity index (χ1v) is 29.1. The molecule has 5 rings (SSSR count). The van der Waals surface area contributed by atoms with E-state index in [1.54, 1.807) is 18.2 Å². The second kappa shape index (κ2) is 37.8. The fourth-order valence-corrected chi connectivity index (χ4v) is 8.83. The smallest absolute Gasteiger partial charge is 0.338 e. The zero-order valence-electron chi connectivity index (χ0n) is 46.4. The first kappa shape index (κ1) is 60.0. The molecule has 0 aliphatic carbocycles. The number of hydrogen-bond acceptors (Lipinski definition) is 8. The van der Waals surface area contributed by atoms with Gasteiger partial charge in [-0.1, -0.05) is 229 Å². The van der Waals surface area contributed by atoms with Crippen molar-refractivity contribution >= 4 is 12.0 Å². The summed E-state index contributed by atoms with van der Waals surface area (Å²) in [5.74, 6) is 3.10. The Morgan fingerprint density at radius 1 is 0.373 bits per heavy atom. The van der Waals surface area contributed by atoms with Gasteiger partial charge < -0.3 is 33.2 Å². The molecule has 408 valence electrons. The molecule has 0 unspecified atom stereocenters. The number of esters is 1. The number of carbonyl (C=O) groups excluding carboxylic acids is 1. The Balaban J connectivity index is 1.29. The van der Waals surface area contributed by atoms with Crippen LogP contribution < -0.4 is 28.4 Å². The Morgan fingerprint density at radius 3 is 1.03 bits per heavy atom. The van der Waals surface area contributed by atoms with Crippen LogP contribution >= 0.6 is 0 Å². The quantitative estimate of drug-likeness (QED) is 0.0282. The van der Waals surface area contributed by atoms with Crippen LogP contribution in [0.2, 0.25) is 0 Å². The summed E-state index contributed by atoms with van der Waals surface area (Å²) in [6.07, 6.45) is 32.0. The maximum atomic E-state index is 13.9. The molecule has 0 N–H and O–H groups in total. The third kappa shape index (κ3) is 25.0. The van der Waals surface area contributed by atoms with Crippen molar-refractivity contribution in [2.45, 2.75) is 201 Å². The topological polar surface area (TPSA) is 81.7 Å². The first-order chi connectivity index (χ1) is 37.0. The van der Waals surface area contributed by atoms with Crippen LogP contribution in [0.5, 0.6) is 34.5 Å². The van der Waals surface area contributed by atoms with E-state index in [0.717, 1.165) is 64.3 Å². The van der Waals surface area contributed by atoms with Crippen molar-refractivity contribution in [1.29, 1.82) is 0 Å². The molecule has 0 amide bonds. The zero-order valence-corrected chi connectivity index (χ0v) is 46.4. The SMILES string of the molecule is C=Cc1ccc(COC(=O)c2cc(OCc3ccc(OCCCCCCCCCC)cc3)c(OCc3ccc(OCCCCCCCCCC)cc3)c(OCc3ccc(OCCCCCCCCCC)cc3)c2)cc1. The summed E-state index contributed by atoms with van der Waals surface area (Å²) in [4.78, 5) is 13.9. The maximum Gasteiger partial charge on any atom is 0.338 e. The molecular weight excluding hydrogens is 933 g/mol. The predicted octanol–water partition coefficient (Wildman–Crippen LogP) is 19.0. The molecule has 0 spiro atoms. The minimum atomic E-state index is -0.511. The third-order valence-electron chi connectivity index (χ3n) is 13.6.